The van der Waals surface area contributed by atoms with E-state index in [1.165, 1.54) is 244 Å². The number of esters is 3. The lowest BCUT2D eigenvalue weighted by molar-refractivity contribution is -0.167. The van der Waals surface area contributed by atoms with Gasteiger partial charge in [-0.3, -0.25) is 14.4 Å². The van der Waals surface area contributed by atoms with Crippen LogP contribution in [0.2, 0.25) is 0 Å². The Kier molecular flexibility index (Phi) is 66.1. The second kappa shape index (κ2) is 68.6. The molecule has 80 heavy (non-hydrogen) atoms. The summed E-state index contributed by atoms with van der Waals surface area (Å²) < 4.78 is 17.0. The predicted octanol–water partition coefficient (Wildman–Crippen LogP) is 24.3. The Morgan fingerprint density at radius 1 is 0.263 bits per heavy atom. The fraction of sp³-hybridized carbons (Fsp3) is 0.824. The van der Waals surface area contributed by atoms with E-state index in [2.05, 4.69) is 81.5 Å². The lowest BCUT2D eigenvalue weighted by atomic mass is 10.0. The normalized spacial score (nSPS) is 12.4. The number of ether oxygens (including phenoxy) is 3. The number of hydrogen-bond acceptors (Lipinski definition) is 6. The molecular weight excluding hydrogens is 985 g/mol. The van der Waals surface area contributed by atoms with E-state index in [1.54, 1.807) is 0 Å². The van der Waals surface area contributed by atoms with Crippen molar-refractivity contribution in [2.45, 2.75) is 380 Å². The first kappa shape index (κ1) is 77.1. The van der Waals surface area contributed by atoms with Crippen LogP contribution in [0.25, 0.3) is 0 Å². The minimum absolute atomic E-state index is 0.0730. The third kappa shape index (κ3) is 65.9. The molecule has 0 aromatic heterocycles. The fourth-order valence-electron chi connectivity index (χ4n) is 10.5. The summed E-state index contributed by atoms with van der Waals surface area (Å²) in [5.41, 5.74) is 0. The molecule has 6 nitrogen and oxygen atoms in total. The van der Waals surface area contributed by atoms with E-state index in [0.717, 1.165) is 89.9 Å². The zero-order valence-corrected chi connectivity index (χ0v) is 53.6. The van der Waals surface area contributed by atoms with E-state index >= 15 is 0 Å². The maximum atomic E-state index is 13.0. The van der Waals surface area contributed by atoms with Gasteiger partial charge in [-0.25, -0.2) is 0 Å². The Bertz CT molecular complexity index is 1430. The van der Waals surface area contributed by atoms with Gasteiger partial charge in [-0.1, -0.05) is 332 Å². The van der Waals surface area contributed by atoms with Crippen LogP contribution in [0, 0.1) is 0 Å². The SMILES string of the molecule is CC/C=C\C/C=C\C/C=C\CCCCCCCCCC(=O)OCC(COC(=O)CCCCCCCCCCCCCCCCC/C=C\C/C=C\CCCCCCC)OC(=O)CCCCCCCCCCCCCCCCCCCC. The summed E-state index contributed by atoms with van der Waals surface area (Å²) in [5.74, 6) is -0.858. The highest BCUT2D eigenvalue weighted by Crippen LogP contribution is 2.18. The van der Waals surface area contributed by atoms with Gasteiger partial charge in [0.1, 0.15) is 13.2 Å². The Balaban J connectivity index is 4.27. The van der Waals surface area contributed by atoms with Crippen LogP contribution >= 0.6 is 0 Å². The van der Waals surface area contributed by atoms with Crippen molar-refractivity contribution in [3.8, 4) is 0 Å². The smallest absolute Gasteiger partial charge is 0.306 e. The van der Waals surface area contributed by atoms with E-state index in [4.69, 9.17) is 14.2 Å². The van der Waals surface area contributed by atoms with Gasteiger partial charge in [0.15, 0.2) is 6.10 Å². The van der Waals surface area contributed by atoms with Crippen molar-refractivity contribution in [1.29, 1.82) is 0 Å². The van der Waals surface area contributed by atoms with Crippen molar-refractivity contribution in [2.24, 2.45) is 0 Å². The molecule has 0 fully saturated rings. The van der Waals surface area contributed by atoms with Crippen molar-refractivity contribution in [3.05, 3.63) is 60.8 Å². The van der Waals surface area contributed by atoms with Gasteiger partial charge < -0.3 is 14.2 Å². The van der Waals surface area contributed by atoms with Crippen LogP contribution < -0.4 is 0 Å². The quantitative estimate of drug-likeness (QED) is 0.0261. The maximum Gasteiger partial charge on any atom is 0.306 e. The Hall–Kier alpha value is -2.89. The summed E-state index contributed by atoms with van der Waals surface area (Å²) in [4.78, 5) is 38.5. The van der Waals surface area contributed by atoms with Crippen molar-refractivity contribution >= 4 is 17.9 Å². The third-order valence-corrected chi connectivity index (χ3v) is 15.8. The van der Waals surface area contributed by atoms with E-state index in [1.807, 2.05) is 0 Å². The second-order valence-electron chi connectivity index (χ2n) is 23.8. The first-order valence-corrected chi connectivity index (χ1v) is 35.3. The average Bonchev–Trinajstić information content (AvgIpc) is 3.46. The summed E-state index contributed by atoms with van der Waals surface area (Å²) in [6.07, 6.45) is 88.2. The number of rotatable bonds is 65. The molecule has 0 aromatic carbocycles. The molecule has 0 saturated heterocycles. The van der Waals surface area contributed by atoms with Crippen molar-refractivity contribution in [2.75, 3.05) is 13.2 Å². The number of carbonyl (C=O) groups excluding carboxylic acids is 3. The third-order valence-electron chi connectivity index (χ3n) is 15.8. The standard InChI is InChI=1S/C74H134O6/c1-4-7-10-13-16-19-22-25-28-31-33-34-35-36-37-38-39-40-41-44-46-49-52-55-58-61-64-67-73(76)79-70-71(69-78-72(75)66-63-60-57-54-51-48-45-42-30-27-24-21-18-15-12-9-6-3)80-74(77)68-65-62-59-56-53-50-47-43-32-29-26-23-20-17-14-11-8-5-2/h9,12,18,21-22,25,27,30-31,33,71H,4-8,10-11,13-17,19-20,23-24,26,28-29,32,34-70H2,1-3H3/b12-9-,21-18-,25-22-,30-27-,33-31-. The highest BCUT2D eigenvalue weighted by molar-refractivity contribution is 5.71. The monoisotopic (exact) mass is 1120 g/mol. The van der Waals surface area contributed by atoms with E-state index in [-0.39, 0.29) is 31.1 Å². The number of carbonyl (C=O) groups is 3. The Morgan fingerprint density at radius 2 is 0.487 bits per heavy atom. The van der Waals surface area contributed by atoms with E-state index in [0.29, 0.717) is 19.3 Å². The van der Waals surface area contributed by atoms with E-state index < -0.39 is 6.10 Å². The van der Waals surface area contributed by atoms with Gasteiger partial charge in [0.2, 0.25) is 0 Å². The van der Waals surface area contributed by atoms with Gasteiger partial charge >= 0.3 is 17.9 Å². The number of unbranched alkanes of at least 4 members (excludes halogenated alkanes) is 44. The van der Waals surface area contributed by atoms with Crippen LogP contribution in [0.1, 0.15) is 374 Å². The molecule has 1 unspecified atom stereocenters. The summed E-state index contributed by atoms with van der Waals surface area (Å²) >= 11 is 0. The first-order valence-electron chi connectivity index (χ1n) is 35.3. The minimum atomic E-state index is -0.778. The van der Waals surface area contributed by atoms with Gasteiger partial charge in [0.25, 0.3) is 0 Å². The highest BCUT2D eigenvalue weighted by Gasteiger charge is 2.19. The molecule has 0 rings (SSSR count). The summed E-state index contributed by atoms with van der Waals surface area (Å²) in [6.45, 7) is 6.58. The first-order chi connectivity index (χ1) is 39.5. The summed E-state index contributed by atoms with van der Waals surface area (Å²) in [7, 11) is 0. The molecule has 6 heteroatoms. The molecule has 0 aliphatic carbocycles. The average molecular weight is 1120 g/mol. The maximum absolute atomic E-state index is 13.0. The van der Waals surface area contributed by atoms with Gasteiger partial charge in [0, 0.05) is 19.3 Å². The second-order valence-corrected chi connectivity index (χ2v) is 23.8. The molecule has 0 aromatic rings. The molecule has 0 aliphatic rings. The molecule has 0 heterocycles. The van der Waals surface area contributed by atoms with Crippen LogP contribution in [0.5, 0.6) is 0 Å². The lowest BCUT2D eigenvalue weighted by Crippen LogP contribution is -2.30. The summed E-state index contributed by atoms with van der Waals surface area (Å²) in [6, 6.07) is 0. The Morgan fingerprint density at radius 3 is 0.762 bits per heavy atom. The molecule has 0 bridgehead atoms. The topological polar surface area (TPSA) is 78.9 Å². The molecule has 0 N–H and O–H groups in total. The van der Waals surface area contributed by atoms with Crippen LogP contribution in [-0.4, -0.2) is 37.2 Å². The molecule has 0 spiro atoms. The lowest BCUT2D eigenvalue weighted by Gasteiger charge is -2.18. The fourth-order valence-corrected chi connectivity index (χ4v) is 10.5. The van der Waals surface area contributed by atoms with Crippen molar-refractivity contribution in [1.82, 2.24) is 0 Å². The zero-order chi connectivity index (χ0) is 57.8. The number of hydrogen-bond donors (Lipinski definition) is 0. The molecule has 0 radical (unpaired) electrons. The van der Waals surface area contributed by atoms with Crippen molar-refractivity contribution in [3.63, 3.8) is 0 Å². The number of allylic oxidation sites excluding steroid dienone is 10. The van der Waals surface area contributed by atoms with Gasteiger partial charge in [0.05, 0.1) is 0 Å². The van der Waals surface area contributed by atoms with Crippen LogP contribution in [0.4, 0.5) is 0 Å². The molecule has 0 saturated carbocycles. The van der Waals surface area contributed by atoms with Crippen LogP contribution in [0.15, 0.2) is 60.8 Å². The van der Waals surface area contributed by atoms with Gasteiger partial charge in [-0.15, -0.1) is 0 Å². The largest absolute Gasteiger partial charge is 0.462 e. The molecule has 0 amide bonds. The van der Waals surface area contributed by atoms with E-state index in [9.17, 15) is 14.4 Å². The molecule has 0 aliphatic heterocycles. The minimum Gasteiger partial charge on any atom is -0.462 e. The van der Waals surface area contributed by atoms with Gasteiger partial charge in [-0.05, 0) is 83.5 Å². The molecular formula is C74H134O6. The zero-order valence-electron chi connectivity index (χ0n) is 53.6. The molecule has 1 atom stereocenters. The van der Waals surface area contributed by atoms with Gasteiger partial charge in [-0.2, -0.15) is 0 Å². The highest BCUT2D eigenvalue weighted by atomic mass is 16.6. The molecule has 466 valence electrons. The van der Waals surface area contributed by atoms with Crippen LogP contribution in [0.3, 0.4) is 0 Å². The summed E-state index contributed by atoms with van der Waals surface area (Å²) in [5, 5.41) is 0. The Labute approximate surface area is 498 Å². The predicted molar refractivity (Wildman–Crippen MR) is 348 cm³/mol. The van der Waals surface area contributed by atoms with Crippen LogP contribution in [-0.2, 0) is 28.6 Å². The van der Waals surface area contributed by atoms with Crippen molar-refractivity contribution < 1.29 is 28.6 Å².